The van der Waals surface area contributed by atoms with Gasteiger partial charge in [-0.3, -0.25) is 4.18 Å². The van der Waals surface area contributed by atoms with Crippen molar-refractivity contribution >= 4 is 10.1 Å². The van der Waals surface area contributed by atoms with Crippen molar-refractivity contribution in [2.45, 2.75) is 78.0 Å². The van der Waals surface area contributed by atoms with Crippen LogP contribution in [-0.4, -0.2) is 62.5 Å². The van der Waals surface area contributed by atoms with E-state index in [9.17, 15) is 27.4 Å². The van der Waals surface area contributed by atoms with E-state index in [2.05, 4.69) is 9.50 Å². The van der Waals surface area contributed by atoms with E-state index in [1.807, 2.05) is 60.7 Å². The SMILES string of the molecule is C.C.CS(=O)(=O)OCC(O)C1CCc2cc(F)ccc2O1.NCc1ccccc1.OC(CNCc1ccccc1)C1CCc2cc(F)ccc2O1. The number of fused-ring (bicyclic) bond motifs is 2. The third kappa shape index (κ3) is 14.7. The minimum atomic E-state index is -3.59. The average molecular weight is 731 g/mol. The van der Waals surface area contributed by atoms with Gasteiger partial charge >= 0.3 is 0 Å². The zero-order chi connectivity index (χ0) is 35.2. The van der Waals surface area contributed by atoms with E-state index in [0.717, 1.165) is 23.8 Å². The van der Waals surface area contributed by atoms with Crippen LogP contribution in [-0.2, 0) is 40.2 Å². The fourth-order valence-electron chi connectivity index (χ4n) is 5.30. The summed E-state index contributed by atoms with van der Waals surface area (Å²) < 4.78 is 63.7. The highest BCUT2D eigenvalue weighted by atomic mass is 32.2. The highest BCUT2D eigenvalue weighted by Crippen LogP contribution is 2.30. The van der Waals surface area contributed by atoms with Crippen LogP contribution in [0.15, 0.2) is 97.1 Å². The number of hydrogen-bond acceptors (Lipinski definition) is 9. The number of nitrogens with two attached hydrogens (primary N) is 1. The molecule has 4 unspecified atom stereocenters. The van der Waals surface area contributed by atoms with E-state index >= 15 is 0 Å². The van der Waals surface area contributed by atoms with Crippen molar-refractivity contribution in [3.8, 4) is 11.5 Å². The first-order valence-corrected chi connectivity index (χ1v) is 17.9. The van der Waals surface area contributed by atoms with E-state index in [-0.39, 0.29) is 39.2 Å². The van der Waals surface area contributed by atoms with Crippen molar-refractivity contribution < 1.29 is 41.1 Å². The van der Waals surface area contributed by atoms with Gasteiger partial charge in [0.05, 0.1) is 12.9 Å². The third-order valence-electron chi connectivity index (χ3n) is 7.91. The maximum absolute atomic E-state index is 13.2. The molecule has 0 saturated heterocycles. The molecule has 2 aliphatic rings. The third-order valence-corrected chi connectivity index (χ3v) is 8.48. The lowest BCUT2D eigenvalue weighted by Crippen LogP contribution is -2.41. The van der Waals surface area contributed by atoms with Gasteiger partial charge in [0.2, 0.25) is 0 Å². The quantitative estimate of drug-likeness (QED) is 0.146. The predicted octanol–water partition coefficient (Wildman–Crippen LogP) is 5.94. The monoisotopic (exact) mass is 730 g/mol. The van der Waals surface area contributed by atoms with Crippen LogP contribution in [0.4, 0.5) is 8.78 Å². The standard InChI is InChI=1S/C18H20FNO2.C12H15FO5S.C7H9N.2CH4/c19-15-7-9-17-14(10-15)6-8-18(22-17)16(21)12-20-11-13-4-2-1-3-5-13;1-19(15,16)17-7-10(14)12-4-2-8-6-9(13)3-5-11(8)18-12;8-6-7-4-2-1-3-5-7;;/h1-5,7,9-10,16,18,20-21H,6,8,11-12H2;3,5-6,10,12,14H,2,4,7H2,1H3;1-5H,6,8H2;2*1H4. The highest BCUT2D eigenvalue weighted by Gasteiger charge is 2.28. The van der Waals surface area contributed by atoms with Crippen molar-refractivity contribution in [3.63, 3.8) is 0 Å². The maximum atomic E-state index is 13.2. The van der Waals surface area contributed by atoms with Gasteiger partial charge in [0, 0.05) is 19.6 Å². The number of nitrogens with one attached hydrogen (secondary N) is 1. The van der Waals surface area contributed by atoms with E-state index < -0.39 is 28.4 Å². The zero-order valence-electron chi connectivity index (χ0n) is 27.4. The lowest BCUT2D eigenvalue weighted by Gasteiger charge is -2.29. The Morgan fingerprint density at radius 3 is 1.71 bits per heavy atom. The summed E-state index contributed by atoms with van der Waals surface area (Å²) in [5.74, 6) is 0.614. The molecular weight excluding hydrogens is 678 g/mol. The fourth-order valence-corrected chi connectivity index (χ4v) is 5.69. The van der Waals surface area contributed by atoms with E-state index in [1.54, 1.807) is 6.07 Å². The Morgan fingerprint density at radius 1 is 0.784 bits per heavy atom. The molecule has 0 radical (unpaired) electrons. The lowest BCUT2D eigenvalue weighted by molar-refractivity contribution is -0.00188. The number of ether oxygens (including phenoxy) is 2. The average Bonchev–Trinajstić information content (AvgIpc) is 3.11. The van der Waals surface area contributed by atoms with Gasteiger partial charge in [-0.25, -0.2) is 8.78 Å². The van der Waals surface area contributed by atoms with Crippen LogP contribution in [0.3, 0.4) is 0 Å². The molecule has 0 saturated carbocycles. The molecule has 0 amide bonds. The van der Waals surface area contributed by atoms with Gasteiger partial charge in [-0.1, -0.05) is 75.5 Å². The Kier molecular flexibility index (Phi) is 18.2. The van der Waals surface area contributed by atoms with Crippen molar-refractivity contribution in [1.82, 2.24) is 5.32 Å². The lowest BCUT2D eigenvalue weighted by atomic mass is 9.99. The zero-order valence-corrected chi connectivity index (χ0v) is 28.2. The Bertz CT molecular complexity index is 1700. The van der Waals surface area contributed by atoms with Crippen LogP contribution in [0.25, 0.3) is 0 Å². The molecule has 0 bridgehead atoms. The van der Waals surface area contributed by atoms with Crippen molar-refractivity contribution in [2.75, 3.05) is 19.4 Å². The Morgan fingerprint density at radius 2 is 1.25 bits per heavy atom. The van der Waals surface area contributed by atoms with Crippen LogP contribution >= 0.6 is 0 Å². The fraction of sp³-hybridized carbons (Fsp3) is 0.385. The first kappa shape index (κ1) is 43.3. The molecule has 0 aromatic heterocycles. The molecule has 2 aliphatic heterocycles. The van der Waals surface area contributed by atoms with Gasteiger partial charge in [0.1, 0.15) is 47.5 Å². The normalized spacial score (nSPS) is 17.0. The van der Waals surface area contributed by atoms with Crippen LogP contribution in [0, 0.1) is 11.6 Å². The van der Waals surface area contributed by atoms with Crippen LogP contribution in [0.1, 0.15) is 49.9 Å². The second-order valence-corrected chi connectivity index (χ2v) is 13.5. The van der Waals surface area contributed by atoms with Gasteiger partial charge in [-0.05, 0) is 84.3 Å². The van der Waals surface area contributed by atoms with Gasteiger partial charge in [-0.2, -0.15) is 8.42 Å². The molecule has 51 heavy (non-hydrogen) atoms. The smallest absolute Gasteiger partial charge is 0.264 e. The summed E-state index contributed by atoms with van der Waals surface area (Å²) >= 11 is 0. The molecule has 4 aromatic carbocycles. The summed E-state index contributed by atoms with van der Waals surface area (Å²) in [4.78, 5) is 0. The molecular formula is C39H52F2N2O7S. The summed E-state index contributed by atoms with van der Waals surface area (Å²) in [6, 6.07) is 28.8. The molecule has 0 aliphatic carbocycles. The van der Waals surface area contributed by atoms with Crippen molar-refractivity contribution in [2.24, 2.45) is 5.73 Å². The summed E-state index contributed by atoms with van der Waals surface area (Å²) in [5.41, 5.74) is 9.34. The predicted molar refractivity (Wildman–Crippen MR) is 197 cm³/mol. The number of aliphatic hydroxyl groups excluding tert-OH is 2. The van der Waals surface area contributed by atoms with Gasteiger partial charge in [0.15, 0.2) is 0 Å². The molecule has 6 rings (SSSR count). The summed E-state index contributed by atoms with van der Waals surface area (Å²) in [6.07, 6.45) is 0.951. The number of rotatable bonds is 10. The highest BCUT2D eigenvalue weighted by molar-refractivity contribution is 7.85. The largest absolute Gasteiger partial charge is 0.487 e. The second kappa shape index (κ2) is 21.5. The Labute approximate surface area is 301 Å². The van der Waals surface area contributed by atoms with E-state index in [4.69, 9.17) is 15.2 Å². The molecule has 2 heterocycles. The number of benzene rings is 4. The number of aryl methyl sites for hydroxylation is 2. The summed E-state index contributed by atoms with van der Waals surface area (Å²) in [5, 5.41) is 23.3. The number of hydrogen-bond donors (Lipinski definition) is 4. The molecule has 4 atom stereocenters. The van der Waals surface area contributed by atoms with Crippen molar-refractivity contribution in [3.05, 3.63) is 131 Å². The van der Waals surface area contributed by atoms with E-state index in [1.165, 1.54) is 41.5 Å². The minimum absolute atomic E-state index is 0. The molecule has 4 aromatic rings. The molecule has 5 N–H and O–H groups in total. The van der Waals surface area contributed by atoms with E-state index in [0.29, 0.717) is 50.4 Å². The molecule has 0 spiro atoms. The number of halogens is 2. The van der Waals surface area contributed by atoms with Gasteiger partial charge in [-0.15, -0.1) is 0 Å². The molecule has 0 fully saturated rings. The Hall–Kier alpha value is -3.91. The topological polar surface area (TPSA) is 140 Å². The van der Waals surface area contributed by atoms with Crippen LogP contribution < -0.4 is 20.5 Å². The maximum Gasteiger partial charge on any atom is 0.264 e. The summed E-state index contributed by atoms with van der Waals surface area (Å²) in [6.45, 7) is 1.48. The molecule has 12 heteroatoms. The first-order chi connectivity index (χ1) is 23.5. The first-order valence-electron chi connectivity index (χ1n) is 16.1. The van der Waals surface area contributed by atoms with Gasteiger partial charge < -0.3 is 30.7 Å². The Balaban J connectivity index is 0.000000284. The number of aliphatic hydroxyl groups is 2. The second-order valence-electron chi connectivity index (χ2n) is 11.8. The van der Waals surface area contributed by atoms with Gasteiger partial charge in [0.25, 0.3) is 10.1 Å². The van der Waals surface area contributed by atoms with Crippen molar-refractivity contribution in [1.29, 1.82) is 0 Å². The minimum Gasteiger partial charge on any atom is -0.487 e. The summed E-state index contributed by atoms with van der Waals surface area (Å²) in [7, 11) is -3.59. The van der Waals surface area contributed by atoms with Crippen LogP contribution in [0.2, 0.25) is 0 Å². The molecule has 280 valence electrons. The van der Waals surface area contributed by atoms with Crippen LogP contribution in [0.5, 0.6) is 11.5 Å². The molecule has 9 nitrogen and oxygen atoms in total.